The van der Waals surface area contributed by atoms with Gasteiger partial charge in [-0.15, -0.1) is 0 Å². The van der Waals surface area contributed by atoms with Crippen molar-refractivity contribution in [3.63, 3.8) is 0 Å². The second-order valence-electron chi connectivity index (χ2n) is 3.24. The number of carbonyl (C=O) groups is 1. The molecule has 0 aromatic carbocycles. The largest absolute Gasteiger partial charge is 0.467 e. The Balaban J connectivity index is 2.01. The van der Waals surface area contributed by atoms with E-state index in [2.05, 4.69) is 10.1 Å². The maximum Gasteiger partial charge on any atom is 0.331 e. The van der Waals surface area contributed by atoms with Crippen molar-refractivity contribution in [2.45, 2.75) is 25.3 Å². The van der Waals surface area contributed by atoms with Crippen molar-refractivity contribution < 1.29 is 14.3 Å². The van der Waals surface area contributed by atoms with Crippen molar-refractivity contribution in [2.75, 3.05) is 26.9 Å². The van der Waals surface area contributed by atoms with E-state index in [9.17, 15) is 4.79 Å². The smallest absolute Gasteiger partial charge is 0.331 e. The lowest BCUT2D eigenvalue weighted by atomic mass is 10.1. The molecule has 1 saturated heterocycles. The number of methoxy groups -OCH3 is 1. The van der Waals surface area contributed by atoms with Crippen LogP contribution in [0.4, 0.5) is 0 Å². The highest BCUT2D eigenvalue weighted by Gasteiger charge is 2.12. The summed E-state index contributed by atoms with van der Waals surface area (Å²) in [4.78, 5) is 10.7. The van der Waals surface area contributed by atoms with Crippen molar-refractivity contribution in [1.29, 1.82) is 0 Å². The molecular formula is C9H17NO3. The van der Waals surface area contributed by atoms with Gasteiger partial charge in [0, 0.05) is 6.04 Å². The molecule has 4 nitrogen and oxygen atoms in total. The molecule has 1 unspecified atom stereocenters. The molecule has 0 radical (unpaired) electrons. The predicted molar refractivity (Wildman–Crippen MR) is 48.5 cm³/mol. The van der Waals surface area contributed by atoms with Crippen LogP contribution in [0.2, 0.25) is 0 Å². The molecular weight excluding hydrogens is 170 g/mol. The number of nitrogens with one attached hydrogen (secondary N) is 1. The number of ether oxygens (including phenoxy) is 2. The fourth-order valence-corrected chi connectivity index (χ4v) is 1.41. The van der Waals surface area contributed by atoms with Gasteiger partial charge < -0.3 is 14.8 Å². The Bertz CT molecular complexity index is 155. The van der Waals surface area contributed by atoms with Gasteiger partial charge in [-0.3, -0.25) is 0 Å². The van der Waals surface area contributed by atoms with Gasteiger partial charge in [0.25, 0.3) is 0 Å². The van der Waals surface area contributed by atoms with Crippen LogP contribution in [0, 0.1) is 0 Å². The molecule has 13 heavy (non-hydrogen) atoms. The Kier molecular flexibility index (Phi) is 4.78. The molecule has 1 heterocycles. The van der Waals surface area contributed by atoms with Gasteiger partial charge in [-0.1, -0.05) is 6.42 Å². The number of piperidine rings is 1. The molecule has 1 aliphatic rings. The fraction of sp³-hybridized carbons (Fsp3) is 0.889. The summed E-state index contributed by atoms with van der Waals surface area (Å²) in [6, 6.07) is 0.415. The van der Waals surface area contributed by atoms with Gasteiger partial charge in [0.1, 0.15) is 6.61 Å². The first kappa shape index (κ1) is 10.5. The zero-order valence-corrected chi connectivity index (χ0v) is 8.04. The molecule has 76 valence electrons. The van der Waals surface area contributed by atoms with Crippen LogP contribution in [0.3, 0.4) is 0 Å². The summed E-state index contributed by atoms with van der Waals surface area (Å²) in [5.41, 5.74) is 0. The summed E-state index contributed by atoms with van der Waals surface area (Å²) in [6.07, 6.45) is 3.63. The summed E-state index contributed by atoms with van der Waals surface area (Å²) in [5, 5.41) is 3.33. The Morgan fingerprint density at radius 2 is 2.38 bits per heavy atom. The maximum atomic E-state index is 10.7. The summed E-state index contributed by atoms with van der Waals surface area (Å²) >= 11 is 0. The summed E-state index contributed by atoms with van der Waals surface area (Å²) < 4.78 is 9.64. The average Bonchev–Trinajstić information content (AvgIpc) is 2.19. The zero-order chi connectivity index (χ0) is 9.52. The molecule has 0 aromatic heterocycles. The molecule has 1 fully saturated rings. The van der Waals surface area contributed by atoms with Crippen LogP contribution in [0.15, 0.2) is 0 Å². The monoisotopic (exact) mass is 187 g/mol. The highest BCUT2D eigenvalue weighted by atomic mass is 16.6. The summed E-state index contributed by atoms with van der Waals surface area (Å²) in [7, 11) is 1.37. The van der Waals surface area contributed by atoms with Crippen LogP contribution in [0.25, 0.3) is 0 Å². The fourth-order valence-electron chi connectivity index (χ4n) is 1.41. The first-order valence-electron chi connectivity index (χ1n) is 4.71. The molecule has 0 aromatic rings. The van der Waals surface area contributed by atoms with Gasteiger partial charge in [-0.05, 0) is 19.4 Å². The molecule has 1 aliphatic heterocycles. The first-order valence-corrected chi connectivity index (χ1v) is 4.71. The average molecular weight is 187 g/mol. The SMILES string of the molecule is COC(=O)COCC1CCCCN1. The molecule has 0 amide bonds. The molecule has 0 bridgehead atoms. The zero-order valence-electron chi connectivity index (χ0n) is 8.04. The van der Waals surface area contributed by atoms with Crippen molar-refractivity contribution in [1.82, 2.24) is 5.32 Å². The third-order valence-electron chi connectivity index (χ3n) is 2.18. The topological polar surface area (TPSA) is 47.6 Å². The van der Waals surface area contributed by atoms with E-state index >= 15 is 0 Å². The Morgan fingerprint density at radius 1 is 1.54 bits per heavy atom. The van der Waals surface area contributed by atoms with Gasteiger partial charge in [0.05, 0.1) is 13.7 Å². The third-order valence-corrected chi connectivity index (χ3v) is 2.18. The number of hydrogen-bond donors (Lipinski definition) is 1. The number of hydrogen-bond acceptors (Lipinski definition) is 4. The minimum atomic E-state index is -0.309. The lowest BCUT2D eigenvalue weighted by Crippen LogP contribution is -2.38. The summed E-state index contributed by atoms with van der Waals surface area (Å²) in [5.74, 6) is -0.309. The van der Waals surface area contributed by atoms with Crippen LogP contribution in [0.5, 0.6) is 0 Å². The van der Waals surface area contributed by atoms with Crippen molar-refractivity contribution >= 4 is 5.97 Å². The van der Waals surface area contributed by atoms with E-state index in [1.165, 1.54) is 20.0 Å². The van der Waals surface area contributed by atoms with E-state index in [1.807, 2.05) is 0 Å². The predicted octanol–water partition coefficient (Wildman–Crippen LogP) is 0.318. The van der Waals surface area contributed by atoms with Gasteiger partial charge in [0.2, 0.25) is 0 Å². The Hall–Kier alpha value is -0.610. The second-order valence-corrected chi connectivity index (χ2v) is 3.24. The van der Waals surface area contributed by atoms with E-state index in [0.29, 0.717) is 12.6 Å². The normalized spacial score (nSPS) is 22.7. The quantitative estimate of drug-likeness (QED) is 0.644. The van der Waals surface area contributed by atoms with E-state index in [-0.39, 0.29) is 12.6 Å². The van der Waals surface area contributed by atoms with E-state index < -0.39 is 0 Å². The molecule has 0 aliphatic carbocycles. The summed E-state index contributed by atoms with van der Waals surface area (Å²) in [6.45, 7) is 1.73. The van der Waals surface area contributed by atoms with E-state index in [1.54, 1.807) is 0 Å². The highest BCUT2D eigenvalue weighted by molar-refractivity contribution is 5.70. The van der Waals surface area contributed by atoms with Crippen molar-refractivity contribution in [3.8, 4) is 0 Å². The van der Waals surface area contributed by atoms with Crippen LogP contribution in [0.1, 0.15) is 19.3 Å². The Labute approximate surface area is 78.6 Å². The third kappa shape index (κ3) is 4.24. The Morgan fingerprint density at radius 3 is 3.00 bits per heavy atom. The lowest BCUT2D eigenvalue weighted by molar-refractivity contribution is -0.146. The minimum absolute atomic E-state index is 0.0642. The van der Waals surface area contributed by atoms with Crippen LogP contribution in [-0.4, -0.2) is 38.9 Å². The van der Waals surface area contributed by atoms with E-state index in [4.69, 9.17) is 4.74 Å². The molecule has 1 atom stereocenters. The lowest BCUT2D eigenvalue weighted by Gasteiger charge is -2.22. The van der Waals surface area contributed by atoms with Gasteiger partial charge in [0.15, 0.2) is 0 Å². The first-order chi connectivity index (χ1) is 6.33. The van der Waals surface area contributed by atoms with E-state index in [0.717, 1.165) is 13.0 Å². The molecule has 0 saturated carbocycles. The molecule has 1 N–H and O–H groups in total. The maximum absolute atomic E-state index is 10.7. The molecule has 4 heteroatoms. The second kappa shape index (κ2) is 5.94. The number of esters is 1. The van der Waals surface area contributed by atoms with Crippen LogP contribution in [-0.2, 0) is 14.3 Å². The van der Waals surface area contributed by atoms with Crippen LogP contribution >= 0.6 is 0 Å². The van der Waals surface area contributed by atoms with Gasteiger partial charge >= 0.3 is 5.97 Å². The van der Waals surface area contributed by atoms with Crippen molar-refractivity contribution in [3.05, 3.63) is 0 Å². The van der Waals surface area contributed by atoms with Gasteiger partial charge in [-0.25, -0.2) is 4.79 Å². The number of rotatable bonds is 4. The molecule has 0 spiro atoms. The standard InChI is InChI=1S/C9H17NO3/c1-12-9(11)7-13-6-8-4-2-3-5-10-8/h8,10H,2-7H2,1H3. The van der Waals surface area contributed by atoms with Crippen molar-refractivity contribution in [2.24, 2.45) is 0 Å². The molecule has 1 rings (SSSR count). The number of carbonyl (C=O) groups excluding carboxylic acids is 1. The highest BCUT2D eigenvalue weighted by Crippen LogP contribution is 2.06. The minimum Gasteiger partial charge on any atom is -0.467 e. The van der Waals surface area contributed by atoms with Crippen LogP contribution < -0.4 is 5.32 Å². The van der Waals surface area contributed by atoms with Gasteiger partial charge in [-0.2, -0.15) is 0 Å².